The van der Waals surface area contributed by atoms with Gasteiger partial charge in [-0.2, -0.15) is 13.2 Å². The fraction of sp³-hybridized carbons (Fsp3) is 0.333. The number of hydrogen-bond donors (Lipinski definition) is 0. The zero-order chi connectivity index (χ0) is 21.5. The van der Waals surface area contributed by atoms with Crippen molar-refractivity contribution in [3.8, 4) is 0 Å². The van der Waals surface area contributed by atoms with Crippen LogP contribution in [-0.2, 0) is 15.2 Å². The Bertz CT molecular complexity index is 968. The summed E-state index contributed by atoms with van der Waals surface area (Å²) in [5, 5.41) is 3.95. The van der Waals surface area contributed by atoms with E-state index in [4.69, 9.17) is 28.0 Å². The second-order valence-corrected chi connectivity index (χ2v) is 8.37. The van der Waals surface area contributed by atoms with Gasteiger partial charge in [-0.05, 0) is 29.3 Å². The SMILES string of the molecule is O=CCN1CC(c2ccc(C3=NOC(c4cc(Cl)cc(Cl)c4)(C(F)(F)F)C3)cc2)C1. The molecule has 2 heterocycles. The van der Waals surface area contributed by atoms with Gasteiger partial charge >= 0.3 is 6.18 Å². The number of oxime groups is 1. The van der Waals surface area contributed by atoms with E-state index < -0.39 is 18.2 Å². The minimum absolute atomic E-state index is 0.0895. The molecule has 1 atom stereocenters. The van der Waals surface area contributed by atoms with Gasteiger partial charge in [0, 0.05) is 41.0 Å². The van der Waals surface area contributed by atoms with Crippen molar-refractivity contribution >= 4 is 35.2 Å². The van der Waals surface area contributed by atoms with Crippen LogP contribution < -0.4 is 0 Å². The molecule has 1 unspecified atom stereocenters. The highest BCUT2D eigenvalue weighted by Crippen LogP contribution is 2.49. The van der Waals surface area contributed by atoms with Crippen LogP contribution in [0.15, 0.2) is 47.6 Å². The van der Waals surface area contributed by atoms with E-state index in [-0.39, 0.29) is 21.3 Å². The molecular formula is C21H17Cl2F3N2O2. The second-order valence-electron chi connectivity index (χ2n) is 7.49. The Hall–Kier alpha value is -2.09. The molecule has 0 radical (unpaired) electrons. The van der Waals surface area contributed by atoms with Gasteiger partial charge in [-0.3, -0.25) is 4.90 Å². The fourth-order valence-electron chi connectivity index (χ4n) is 3.83. The molecule has 2 aromatic rings. The third-order valence-corrected chi connectivity index (χ3v) is 5.96. The minimum atomic E-state index is -4.72. The maximum Gasteiger partial charge on any atom is 0.435 e. The molecule has 2 aliphatic heterocycles. The van der Waals surface area contributed by atoms with Crippen LogP contribution in [0.25, 0.3) is 0 Å². The Morgan fingerprint density at radius 3 is 2.33 bits per heavy atom. The topological polar surface area (TPSA) is 41.9 Å². The number of hydrogen-bond acceptors (Lipinski definition) is 4. The quantitative estimate of drug-likeness (QED) is 0.582. The maximum atomic E-state index is 14.1. The molecule has 0 spiro atoms. The lowest BCUT2D eigenvalue weighted by Crippen LogP contribution is -2.45. The zero-order valence-corrected chi connectivity index (χ0v) is 17.1. The normalized spacial score (nSPS) is 22.4. The number of halogens is 5. The van der Waals surface area contributed by atoms with Crippen LogP contribution in [0.2, 0.25) is 10.0 Å². The first kappa shape index (κ1) is 21.2. The van der Waals surface area contributed by atoms with Gasteiger partial charge in [0.15, 0.2) is 0 Å². The number of aldehydes is 1. The van der Waals surface area contributed by atoms with Crippen molar-refractivity contribution < 1.29 is 22.8 Å². The van der Waals surface area contributed by atoms with Gasteiger partial charge < -0.3 is 9.63 Å². The Balaban J connectivity index is 1.55. The molecule has 4 nitrogen and oxygen atoms in total. The van der Waals surface area contributed by atoms with E-state index in [0.29, 0.717) is 18.0 Å². The molecule has 30 heavy (non-hydrogen) atoms. The van der Waals surface area contributed by atoms with Crippen LogP contribution in [0.5, 0.6) is 0 Å². The van der Waals surface area contributed by atoms with Crippen molar-refractivity contribution in [1.29, 1.82) is 0 Å². The van der Waals surface area contributed by atoms with Gasteiger partial charge in [0.05, 0.1) is 12.3 Å². The van der Waals surface area contributed by atoms with E-state index in [2.05, 4.69) is 5.16 Å². The van der Waals surface area contributed by atoms with Gasteiger partial charge in [-0.1, -0.05) is 52.6 Å². The van der Waals surface area contributed by atoms with E-state index in [0.717, 1.165) is 24.9 Å². The predicted molar refractivity (Wildman–Crippen MR) is 108 cm³/mol. The Morgan fingerprint density at radius 2 is 1.77 bits per heavy atom. The van der Waals surface area contributed by atoms with Crippen molar-refractivity contribution in [1.82, 2.24) is 4.90 Å². The summed E-state index contributed by atoms with van der Waals surface area (Å²) in [5.74, 6) is 0.309. The number of likely N-dealkylation sites (tertiary alicyclic amines) is 1. The van der Waals surface area contributed by atoms with Gasteiger partial charge in [0.25, 0.3) is 5.60 Å². The number of alkyl halides is 3. The van der Waals surface area contributed by atoms with Crippen molar-refractivity contribution in [3.63, 3.8) is 0 Å². The minimum Gasteiger partial charge on any atom is -0.374 e. The van der Waals surface area contributed by atoms with Crippen LogP contribution in [0.1, 0.15) is 29.0 Å². The number of benzene rings is 2. The average molecular weight is 457 g/mol. The summed E-state index contributed by atoms with van der Waals surface area (Å²) in [7, 11) is 0. The summed E-state index contributed by atoms with van der Waals surface area (Å²) in [4.78, 5) is 17.6. The maximum absolute atomic E-state index is 14.1. The highest BCUT2D eigenvalue weighted by atomic mass is 35.5. The number of rotatable bonds is 5. The fourth-order valence-corrected chi connectivity index (χ4v) is 4.35. The summed E-state index contributed by atoms with van der Waals surface area (Å²) in [6.45, 7) is 1.99. The molecule has 158 valence electrons. The molecule has 1 saturated heterocycles. The molecule has 0 amide bonds. The van der Waals surface area contributed by atoms with Crippen LogP contribution in [-0.4, -0.2) is 42.7 Å². The first-order chi connectivity index (χ1) is 14.2. The van der Waals surface area contributed by atoms with Crippen molar-refractivity contribution in [2.45, 2.75) is 24.1 Å². The monoisotopic (exact) mass is 456 g/mol. The van der Waals surface area contributed by atoms with Crippen LogP contribution in [0, 0.1) is 0 Å². The average Bonchev–Trinajstić information content (AvgIpc) is 3.11. The van der Waals surface area contributed by atoms with Crippen molar-refractivity contribution in [3.05, 3.63) is 69.2 Å². The summed E-state index contributed by atoms with van der Waals surface area (Å²) in [6.07, 6.45) is -4.33. The molecular weight excluding hydrogens is 440 g/mol. The van der Waals surface area contributed by atoms with Gasteiger partial charge in [-0.15, -0.1) is 0 Å². The molecule has 0 N–H and O–H groups in total. The first-order valence-corrected chi connectivity index (χ1v) is 10.0. The van der Waals surface area contributed by atoms with Crippen LogP contribution in [0.3, 0.4) is 0 Å². The molecule has 2 aromatic carbocycles. The summed E-state index contributed by atoms with van der Waals surface area (Å²) in [6, 6.07) is 11.0. The summed E-state index contributed by atoms with van der Waals surface area (Å²) < 4.78 is 42.2. The lowest BCUT2D eigenvalue weighted by molar-refractivity contribution is -0.275. The first-order valence-electron chi connectivity index (χ1n) is 9.26. The lowest BCUT2D eigenvalue weighted by atomic mass is 9.85. The summed E-state index contributed by atoms with van der Waals surface area (Å²) >= 11 is 11.8. The van der Waals surface area contributed by atoms with E-state index in [1.165, 1.54) is 18.2 Å². The highest BCUT2D eigenvalue weighted by Gasteiger charge is 2.62. The molecule has 9 heteroatoms. The number of carbonyl (C=O) groups excluding carboxylic acids is 1. The van der Waals surface area contributed by atoms with E-state index in [1.807, 2.05) is 17.0 Å². The van der Waals surface area contributed by atoms with Crippen LogP contribution >= 0.6 is 23.2 Å². The number of nitrogens with zero attached hydrogens (tertiary/aromatic N) is 2. The largest absolute Gasteiger partial charge is 0.435 e. The van der Waals surface area contributed by atoms with Crippen molar-refractivity contribution in [2.24, 2.45) is 5.16 Å². The Morgan fingerprint density at radius 1 is 1.13 bits per heavy atom. The third kappa shape index (κ3) is 3.82. The molecule has 0 aliphatic carbocycles. The molecule has 0 bridgehead atoms. The standard InChI is InChI=1S/C21H17Cl2F3N2O2/c22-17-7-16(8-18(23)9-17)20(21(24,25)26)10-19(27-30-20)14-3-1-13(2-4-14)15-11-28(12-15)5-6-29/h1-4,6-9,15H,5,10-12H2. The predicted octanol–water partition coefficient (Wildman–Crippen LogP) is 5.17. The molecule has 4 rings (SSSR count). The molecule has 2 aliphatic rings. The Kier molecular flexibility index (Phi) is 5.55. The molecule has 0 saturated carbocycles. The van der Waals surface area contributed by atoms with Gasteiger partial charge in [0.1, 0.15) is 6.29 Å². The second kappa shape index (κ2) is 7.87. The van der Waals surface area contributed by atoms with Crippen molar-refractivity contribution in [2.75, 3.05) is 19.6 Å². The van der Waals surface area contributed by atoms with Gasteiger partial charge in [-0.25, -0.2) is 0 Å². The molecule has 1 fully saturated rings. The van der Waals surface area contributed by atoms with Crippen LogP contribution in [0.4, 0.5) is 13.2 Å². The van der Waals surface area contributed by atoms with Gasteiger partial charge in [0.2, 0.25) is 0 Å². The lowest BCUT2D eigenvalue weighted by Gasteiger charge is -2.38. The number of carbonyl (C=O) groups is 1. The zero-order valence-electron chi connectivity index (χ0n) is 15.6. The molecule has 0 aromatic heterocycles. The third-order valence-electron chi connectivity index (χ3n) is 5.52. The smallest absolute Gasteiger partial charge is 0.374 e. The highest BCUT2D eigenvalue weighted by molar-refractivity contribution is 6.34. The Labute approximate surface area is 181 Å². The summed E-state index contributed by atoms with van der Waals surface area (Å²) in [5.41, 5.74) is -0.997. The van der Waals surface area contributed by atoms with E-state index in [9.17, 15) is 18.0 Å². The van der Waals surface area contributed by atoms with E-state index in [1.54, 1.807) is 12.1 Å². The van der Waals surface area contributed by atoms with E-state index >= 15 is 0 Å².